The first kappa shape index (κ1) is 9.93. The van der Waals surface area contributed by atoms with Gasteiger partial charge in [0.1, 0.15) is 0 Å². The molecule has 2 aliphatic rings. The molecule has 2 heterocycles. The number of likely N-dealkylation sites (tertiary alicyclic amines) is 1. The van der Waals surface area contributed by atoms with Crippen LogP contribution >= 0.6 is 0 Å². The van der Waals surface area contributed by atoms with Gasteiger partial charge in [-0.05, 0) is 31.3 Å². The first-order chi connectivity index (χ1) is 6.72. The average Bonchev–Trinajstić information content (AvgIpc) is 2.62. The van der Waals surface area contributed by atoms with Gasteiger partial charge in [0.15, 0.2) is 0 Å². The third-order valence-corrected chi connectivity index (χ3v) is 3.60. The number of nitrogens with zero attached hydrogens (tertiary/aromatic N) is 1. The highest BCUT2D eigenvalue weighted by atomic mass is 16.1. The van der Waals surface area contributed by atoms with Gasteiger partial charge in [0.25, 0.3) is 0 Å². The van der Waals surface area contributed by atoms with E-state index in [9.17, 15) is 4.79 Å². The quantitative estimate of drug-likeness (QED) is 0.635. The molecule has 0 aromatic rings. The molecule has 0 aromatic carbocycles. The van der Waals surface area contributed by atoms with E-state index in [1.54, 1.807) is 0 Å². The van der Waals surface area contributed by atoms with Crippen LogP contribution in [0.3, 0.4) is 0 Å². The summed E-state index contributed by atoms with van der Waals surface area (Å²) >= 11 is 0. The van der Waals surface area contributed by atoms with Crippen molar-refractivity contribution in [3.8, 4) is 0 Å². The molecular formula is C10H19N3O. The van der Waals surface area contributed by atoms with E-state index < -0.39 is 0 Å². The Morgan fingerprint density at radius 3 is 3.00 bits per heavy atom. The normalized spacial score (nSPS) is 37.4. The van der Waals surface area contributed by atoms with E-state index in [0.717, 1.165) is 37.9 Å². The van der Waals surface area contributed by atoms with E-state index in [0.29, 0.717) is 12.6 Å². The van der Waals surface area contributed by atoms with E-state index in [2.05, 4.69) is 17.1 Å². The summed E-state index contributed by atoms with van der Waals surface area (Å²) in [6.07, 6.45) is 1.12. The molecule has 2 rings (SSSR count). The molecule has 3 atom stereocenters. The summed E-state index contributed by atoms with van der Waals surface area (Å²) in [6.45, 7) is 5.89. The SMILES string of the molecule is CCC1C2CNCC2CN1CC(N)=O. The highest BCUT2D eigenvalue weighted by molar-refractivity contribution is 5.76. The summed E-state index contributed by atoms with van der Waals surface area (Å²) in [5.74, 6) is 1.27. The number of amides is 1. The van der Waals surface area contributed by atoms with Gasteiger partial charge < -0.3 is 11.1 Å². The number of nitrogens with one attached hydrogen (secondary N) is 1. The van der Waals surface area contributed by atoms with Crippen molar-refractivity contribution in [2.45, 2.75) is 19.4 Å². The van der Waals surface area contributed by atoms with Crippen LogP contribution in [0.25, 0.3) is 0 Å². The summed E-state index contributed by atoms with van der Waals surface area (Å²) in [6, 6.07) is 0.558. The maximum Gasteiger partial charge on any atom is 0.231 e. The molecule has 4 nitrogen and oxygen atoms in total. The van der Waals surface area contributed by atoms with Gasteiger partial charge in [0, 0.05) is 12.6 Å². The second kappa shape index (κ2) is 3.87. The molecular weight excluding hydrogens is 178 g/mol. The van der Waals surface area contributed by atoms with Crippen molar-refractivity contribution in [3.05, 3.63) is 0 Å². The lowest BCUT2D eigenvalue weighted by Crippen LogP contribution is -2.40. The van der Waals surface area contributed by atoms with Gasteiger partial charge in [-0.1, -0.05) is 6.92 Å². The molecule has 0 radical (unpaired) electrons. The third-order valence-electron chi connectivity index (χ3n) is 3.60. The van der Waals surface area contributed by atoms with Crippen LogP contribution in [0.15, 0.2) is 0 Å². The summed E-state index contributed by atoms with van der Waals surface area (Å²) in [4.78, 5) is 13.2. The van der Waals surface area contributed by atoms with Crippen molar-refractivity contribution in [3.63, 3.8) is 0 Å². The molecule has 0 aromatic heterocycles. The van der Waals surface area contributed by atoms with Gasteiger partial charge in [-0.3, -0.25) is 9.69 Å². The van der Waals surface area contributed by atoms with Gasteiger partial charge in [-0.15, -0.1) is 0 Å². The minimum atomic E-state index is -0.198. The van der Waals surface area contributed by atoms with Crippen LogP contribution in [0.5, 0.6) is 0 Å². The predicted molar refractivity (Wildman–Crippen MR) is 54.7 cm³/mol. The molecule has 0 bridgehead atoms. The number of fused-ring (bicyclic) bond motifs is 1. The Bertz CT molecular complexity index is 231. The van der Waals surface area contributed by atoms with Crippen LogP contribution in [0, 0.1) is 11.8 Å². The standard InChI is InChI=1S/C10H19N3O/c1-2-9-8-4-12-3-7(8)5-13(9)6-10(11)14/h7-9,12H,2-6H2,1H3,(H2,11,14). The third kappa shape index (κ3) is 1.64. The predicted octanol–water partition coefficient (Wildman–Crippen LogP) is -0.598. The molecule has 1 amide bonds. The maximum absolute atomic E-state index is 10.9. The van der Waals surface area contributed by atoms with Crippen molar-refractivity contribution in [1.82, 2.24) is 10.2 Å². The first-order valence-corrected chi connectivity index (χ1v) is 5.45. The Morgan fingerprint density at radius 1 is 1.57 bits per heavy atom. The molecule has 2 aliphatic heterocycles. The molecule has 0 saturated carbocycles. The Kier molecular flexibility index (Phi) is 2.74. The van der Waals surface area contributed by atoms with Crippen LogP contribution in [0.4, 0.5) is 0 Å². The average molecular weight is 197 g/mol. The molecule has 0 spiro atoms. The fraction of sp³-hybridized carbons (Fsp3) is 0.900. The lowest BCUT2D eigenvalue weighted by Gasteiger charge is -2.25. The van der Waals surface area contributed by atoms with Gasteiger partial charge in [0.05, 0.1) is 6.54 Å². The molecule has 3 N–H and O–H groups in total. The van der Waals surface area contributed by atoms with E-state index in [1.807, 2.05) is 0 Å². The monoisotopic (exact) mass is 197 g/mol. The van der Waals surface area contributed by atoms with Crippen molar-refractivity contribution in [1.29, 1.82) is 0 Å². The lowest BCUT2D eigenvalue weighted by molar-refractivity contribution is -0.119. The van der Waals surface area contributed by atoms with E-state index >= 15 is 0 Å². The zero-order chi connectivity index (χ0) is 10.1. The minimum absolute atomic E-state index is 0.198. The summed E-state index contributed by atoms with van der Waals surface area (Å²) in [7, 11) is 0. The van der Waals surface area contributed by atoms with E-state index in [4.69, 9.17) is 5.73 Å². The van der Waals surface area contributed by atoms with Crippen LogP contribution in [0.1, 0.15) is 13.3 Å². The Morgan fingerprint density at radius 2 is 2.36 bits per heavy atom. The highest BCUT2D eigenvalue weighted by Gasteiger charge is 2.43. The van der Waals surface area contributed by atoms with Gasteiger partial charge in [0.2, 0.25) is 5.91 Å². The number of carbonyl (C=O) groups is 1. The fourth-order valence-electron chi connectivity index (χ4n) is 3.05. The Labute approximate surface area is 84.8 Å². The lowest BCUT2D eigenvalue weighted by atomic mass is 9.93. The number of primary amides is 1. The second-order valence-corrected chi connectivity index (χ2v) is 4.45. The summed E-state index contributed by atoms with van der Waals surface area (Å²) in [5, 5.41) is 3.42. The van der Waals surface area contributed by atoms with E-state index in [-0.39, 0.29) is 5.91 Å². The molecule has 14 heavy (non-hydrogen) atoms. The zero-order valence-corrected chi connectivity index (χ0v) is 8.70. The van der Waals surface area contributed by atoms with Crippen LogP contribution in [0.2, 0.25) is 0 Å². The molecule has 3 unspecified atom stereocenters. The molecule has 4 heteroatoms. The van der Waals surface area contributed by atoms with Crippen molar-refractivity contribution >= 4 is 5.91 Å². The maximum atomic E-state index is 10.9. The Hall–Kier alpha value is -0.610. The van der Waals surface area contributed by atoms with Gasteiger partial charge in [-0.25, -0.2) is 0 Å². The highest BCUT2D eigenvalue weighted by Crippen LogP contribution is 2.33. The van der Waals surface area contributed by atoms with Crippen molar-refractivity contribution < 1.29 is 4.79 Å². The number of hydrogen-bond acceptors (Lipinski definition) is 3. The van der Waals surface area contributed by atoms with Crippen molar-refractivity contribution in [2.24, 2.45) is 17.6 Å². The van der Waals surface area contributed by atoms with Crippen LogP contribution in [-0.2, 0) is 4.79 Å². The molecule has 0 aliphatic carbocycles. The van der Waals surface area contributed by atoms with Crippen LogP contribution < -0.4 is 11.1 Å². The van der Waals surface area contributed by atoms with E-state index in [1.165, 1.54) is 0 Å². The minimum Gasteiger partial charge on any atom is -0.369 e. The van der Waals surface area contributed by atoms with Gasteiger partial charge >= 0.3 is 0 Å². The smallest absolute Gasteiger partial charge is 0.231 e. The molecule has 80 valence electrons. The first-order valence-electron chi connectivity index (χ1n) is 5.45. The molecule has 2 fully saturated rings. The topological polar surface area (TPSA) is 58.4 Å². The summed E-state index contributed by atoms with van der Waals surface area (Å²) < 4.78 is 0. The number of rotatable bonds is 3. The largest absolute Gasteiger partial charge is 0.369 e. The second-order valence-electron chi connectivity index (χ2n) is 4.45. The van der Waals surface area contributed by atoms with Crippen molar-refractivity contribution in [2.75, 3.05) is 26.2 Å². The Balaban J connectivity index is 2.02. The number of carbonyl (C=O) groups excluding carboxylic acids is 1. The molecule has 2 saturated heterocycles. The van der Waals surface area contributed by atoms with Crippen LogP contribution in [-0.4, -0.2) is 43.0 Å². The zero-order valence-electron chi connectivity index (χ0n) is 8.70. The summed E-state index contributed by atoms with van der Waals surface area (Å²) in [5.41, 5.74) is 5.24. The number of hydrogen-bond donors (Lipinski definition) is 2. The fourth-order valence-corrected chi connectivity index (χ4v) is 3.05. The van der Waals surface area contributed by atoms with Gasteiger partial charge in [-0.2, -0.15) is 0 Å². The number of nitrogens with two attached hydrogens (primary N) is 1.